The molecule has 0 heterocycles. The van der Waals surface area contributed by atoms with Crippen LogP contribution in [0.15, 0.2) is 18.2 Å². The van der Waals surface area contributed by atoms with Crippen LogP contribution in [0.1, 0.15) is 31.2 Å². The second-order valence-corrected chi connectivity index (χ2v) is 4.85. The lowest BCUT2D eigenvalue weighted by atomic mass is 10.1. The Labute approximate surface area is 103 Å². The predicted octanol–water partition coefficient (Wildman–Crippen LogP) is 2.92. The van der Waals surface area contributed by atoms with Gasteiger partial charge in [0.15, 0.2) is 0 Å². The van der Waals surface area contributed by atoms with Gasteiger partial charge in [-0.2, -0.15) is 0 Å². The van der Waals surface area contributed by atoms with E-state index in [1.807, 2.05) is 13.1 Å². The van der Waals surface area contributed by atoms with E-state index >= 15 is 0 Å². The normalized spacial score (nSPS) is 16.4. The Morgan fingerprint density at radius 2 is 2.06 bits per heavy atom. The minimum atomic E-state index is -0.154. The fourth-order valence-corrected chi connectivity index (χ4v) is 2.72. The highest BCUT2D eigenvalue weighted by molar-refractivity contribution is 5.54. The standard InChI is InChI=1S/C14H21FN2/c1-16-10-11-9-12(15)7-8-14(11)17(2)13-5-3-4-6-13/h7-9,13,16H,3-6,10H2,1-2H3. The molecule has 1 aromatic carbocycles. The molecule has 0 spiro atoms. The van der Waals surface area contributed by atoms with Crippen LogP contribution in [0.4, 0.5) is 10.1 Å². The summed E-state index contributed by atoms with van der Waals surface area (Å²) in [5.41, 5.74) is 2.20. The summed E-state index contributed by atoms with van der Waals surface area (Å²) >= 11 is 0. The van der Waals surface area contributed by atoms with E-state index in [-0.39, 0.29) is 5.82 Å². The molecular formula is C14H21FN2. The highest BCUT2D eigenvalue weighted by Gasteiger charge is 2.21. The number of rotatable bonds is 4. The highest BCUT2D eigenvalue weighted by atomic mass is 19.1. The van der Waals surface area contributed by atoms with Gasteiger partial charge in [-0.05, 0) is 43.7 Å². The van der Waals surface area contributed by atoms with E-state index in [2.05, 4.69) is 17.3 Å². The van der Waals surface area contributed by atoms with Crippen molar-refractivity contribution < 1.29 is 4.39 Å². The van der Waals surface area contributed by atoms with Crippen LogP contribution in [0, 0.1) is 5.82 Å². The Morgan fingerprint density at radius 1 is 1.35 bits per heavy atom. The van der Waals surface area contributed by atoms with Crippen LogP contribution >= 0.6 is 0 Å². The van der Waals surface area contributed by atoms with Gasteiger partial charge < -0.3 is 10.2 Å². The summed E-state index contributed by atoms with van der Waals surface area (Å²) < 4.78 is 13.3. The number of nitrogens with zero attached hydrogens (tertiary/aromatic N) is 1. The maximum atomic E-state index is 13.3. The highest BCUT2D eigenvalue weighted by Crippen LogP contribution is 2.29. The fourth-order valence-electron chi connectivity index (χ4n) is 2.72. The Bertz CT molecular complexity index is 372. The van der Waals surface area contributed by atoms with E-state index in [1.165, 1.54) is 25.7 Å². The van der Waals surface area contributed by atoms with E-state index in [0.29, 0.717) is 12.6 Å². The molecule has 1 fully saturated rings. The van der Waals surface area contributed by atoms with Gasteiger partial charge >= 0.3 is 0 Å². The number of hydrogen-bond donors (Lipinski definition) is 1. The minimum absolute atomic E-state index is 0.154. The fraction of sp³-hybridized carbons (Fsp3) is 0.571. The van der Waals surface area contributed by atoms with Gasteiger partial charge in [-0.25, -0.2) is 4.39 Å². The largest absolute Gasteiger partial charge is 0.371 e. The maximum absolute atomic E-state index is 13.3. The van der Waals surface area contributed by atoms with Crippen LogP contribution in [0.5, 0.6) is 0 Å². The van der Waals surface area contributed by atoms with Crippen LogP contribution in [0.25, 0.3) is 0 Å². The first kappa shape index (κ1) is 12.4. The number of anilines is 1. The summed E-state index contributed by atoms with van der Waals surface area (Å²) in [6, 6.07) is 5.72. The molecule has 2 nitrogen and oxygen atoms in total. The third-order valence-corrected chi connectivity index (χ3v) is 3.66. The van der Waals surface area contributed by atoms with Gasteiger partial charge in [0, 0.05) is 25.3 Å². The second kappa shape index (κ2) is 5.50. The second-order valence-electron chi connectivity index (χ2n) is 4.85. The van der Waals surface area contributed by atoms with Gasteiger partial charge in [0.05, 0.1) is 0 Å². The molecule has 94 valence electrons. The summed E-state index contributed by atoms with van der Waals surface area (Å²) in [6.45, 7) is 0.712. The van der Waals surface area contributed by atoms with Crippen molar-refractivity contribution in [3.8, 4) is 0 Å². The van der Waals surface area contributed by atoms with Crippen molar-refractivity contribution in [3.05, 3.63) is 29.6 Å². The third-order valence-electron chi connectivity index (χ3n) is 3.66. The quantitative estimate of drug-likeness (QED) is 0.864. The predicted molar refractivity (Wildman–Crippen MR) is 69.8 cm³/mol. The molecule has 0 aromatic heterocycles. The molecule has 1 aliphatic carbocycles. The van der Waals surface area contributed by atoms with Crippen molar-refractivity contribution in [2.75, 3.05) is 19.0 Å². The van der Waals surface area contributed by atoms with Crippen LogP contribution < -0.4 is 10.2 Å². The van der Waals surface area contributed by atoms with Crippen molar-refractivity contribution in [1.29, 1.82) is 0 Å². The molecule has 1 aromatic rings. The lowest BCUT2D eigenvalue weighted by Crippen LogP contribution is -2.30. The lowest BCUT2D eigenvalue weighted by Gasteiger charge is -2.28. The van der Waals surface area contributed by atoms with E-state index in [9.17, 15) is 4.39 Å². The van der Waals surface area contributed by atoms with Gasteiger partial charge in [-0.3, -0.25) is 0 Å². The molecule has 17 heavy (non-hydrogen) atoms. The number of benzene rings is 1. The molecule has 3 heteroatoms. The number of hydrogen-bond acceptors (Lipinski definition) is 2. The summed E-state index contributed by atoms with van der Waals surface area (Å²) in [5.74, 6) is -0.154. The molecule has 0 unspecified atom stereocenters. The molecule has 1 saturated carbocycles. The van der Waals surface area contributed by atoms with Crippen LogP contribution in [-0.2, 0) is 6.54 Å². The zero-order valence-corrected chi connectivity index (χ0v) is 10.7. The average Bonchev–Trinajstić information content (AvgIpc) is 2.82. The average molecular weight is 236 g/mol. The van der Waals surface area contributed by atoms with E-state index in [0.717, 1.165) is 11.3 Å². The lowest BCUT2D eigenvalue weighted by molar-refractivity contribution is 0.618. The maximum Gasteiger partial charge on any atom is 0.123 e. The van der Waals surface area contributed by atoms with Crippen LogP contribution in [-0.4, -0.2) is 20.1 Å². The Kier molecular flexibility index (Phi) is 4.00. The molecule has 0 radical (unpaired) electrons. The minimum Gasteiger partial charge on any atom is -0.371 e. The Balaban J connectivity index is 2.23. The summed E-state index contributed by atoms with van der Waals surface area (Å²) in [5, 5.41) is 3.10. The first-order valence-electron chi connectivity index (χ1n) is 6.38. The molecule has 1 aliphatic rings. The van der Waals surface area contributed by atoms with Crippen molar-refractivity contribution >= 4 is 5.69 Å². The molecule has 0 aliphatic heterocycles. The van der Waals surface area contributed by atoms with Gasteiger partial charge in [0.2, 0.25) is 0 Å². The van der Waals surface area contributed by atoms with Gasteiger partial charge in [0.1, 0.15) is 5.82 Å². The third kappa shape index (κ3) is 2.78. The van der Waals surface area contributed by atoms with Gasteiger partial charge in [0.25, 0.3) is 0 Å². The van der Waals surface area contributed by atoms with Gasteiger partial charge in [-0.15, -0.1) is 0 Å². The molecular weight excluding hydrogens is 215 g/mol. The zero-order chi connectivity index (χ0) is 12.3. The topological polar surface area (TPSA) is 15.3 Å². The summed E-state index contributed by atoms with van der Waals surface area (Å²) in [4.78, 5) is 2.32. The smallest absolute Gasteiger partial charge is 0.123 e. The zero-order valence-electron chi connectivity index (χ0n) is 10.7. The van der Waals surface area contributed by atoms with E-state index in [4.69, 9.17) is 0 Å². The molecule has 0 amide bonds. The first-order chi connectivity index (χ1) is 8.22. The van der Waals surface area contributed by atoms with Crippen LogP contribution in [0.3, 0.4) is 0 Å². The monoisotopic (exact) mass is 236 g/mol. The van der Waals surface area contributed by atoms with E-state index < -0.39 is 0 Å². The molecule has 0 saturated heterocycles. The van der Waals surface area contributed by atoms with E-state index in [1.54, 1.807) is 12.1 Å². The van der Waals surface area contributed by atoms with Crippen molar-refractivity contribution in [3.63, 3.8) is 0 Å². The summed E-state index contributed by atoms with van der Waals surface area (Å²) in [6.07, 6.45) is 5.15. The SMILES string of the molecule is CNCc1cc(F)ccc1N(C)C1CCCC1. The van der Waals surface area contributed by atoms with Gasteiger partial charge in [-0.1, -0.05) is 12.8 Å². The number of nitrogens with one attached hydrogen (secondary N) is 1. The van der Waals surface area contributed by atoms with Crippen LogP contribution in [0.2, 0.25) is 0 Å². The Hall–Kier alpha value is -1.09. The van der Waals surface area contributed by atoms with Crippen molar-refractivity contribution in [2.24, 2.45) is 0 Å². The van der Waals surface area contributed by atoms with Crippen molar-refractivity contribution in [2.45, 2.75) is 38.3 Å². The first-order valence-corrected chi connectivity index (χ1v) is 6.38. The van der Waals surface area contributed by atoms with Crippen molar-refractivity contribution in [1.82, 2.24) is 5.32 Å². The molecule has 1 N–H and O–H groups in total. The number of halogens is 1. The molecule has 0 atom stereocenters. The summed E-state index contributed by atoms with van der Waals surface area (Å²) in [7, 11) is 4.02. The molecule has 2 rings (SSSR count). The Morgan fingerprint density at radius 3 is 2.71 bits per heavy atom. The molecule has 0 bridgehead atoms.